The Morgan fingerprint density at radius 2 is 2.00 bits per heavy atom. The molecule has 0 aromatic carbocycles. The summed E-state index contributed by atoms with van der Waals surface area (Å²) >= 11 is 0. The van der Waals surface area contributed by atoms with Crippen molar-refractivity contribution in [2.24, 2.45) is 0 Å². The summed E-state index contributed by atoms with van der Waals surface area (Å²) in [5.41, 5.74) is 0. The Morgan fingerprint density at radius 3 is 2.22 bits per heavy atom. The van der Waals surface area contributed by atoms with Gasteiger partial charge in [-0.05, 0) is 6.42 Å². The van der Waals surface area contributed by atoms with Gasteiger partial charge in [0.1, 0.15) is 0 Å². The second-order valence-corrected chi connectivity index (χ2v) is 8.62. The van der Waals surface area contributed by atoms with Gasteiger partial charge in [-0.2, -0.15) is 0 Å². The maximum Gasteiger partial charge on any atom is 0.0771 e. The van der Waals surface area contributed by atoms with Gasteiger partial charge in [-0.15, -0.1) is 0 Å². The van der Waals surface area contributed by atoms with Crippen LogP contribution in [0.4, 0.5) is 0 Å². The van der Waals surface area contributed by atoms with Gasteiger partial charge in [-0.3, -0.25) is 0 Å². The Bertz CT molecular complexity index is 158. The maximum atomic E-state index is 2.38. The number of allylic oxidation sites excluding steroid dienone is 4. The second kappa shape index (κ2) is 2.14. The van der Waals surface area contributed by atoms with Crippen LogP contribution in [-0.4, -0.2) is 8.07 Å². The third kappa shape index (κ3) is 1.55. The first kappa shape index (κ1) is 6.81. The predicted molar refractivity (Wildman–Crippen MR) is 45.2 cm³/mol. The summed E-state index contributed by atoms with van der Waals surface area (Å²) in [4.78, 5) is 0. The van der Waals surface area contributed by atoms with E-state index in [0.29, 0.717) is 0 Å². The van der Waals surface area contributed by atoms with Gasteiger partial charge in [-0.25, -0.2) is 0 Å². The zero-order valence-electron chi connectivity index (χ0n) is 6.44. The largest absolute Gasteiger partial charge is 0.0815 e. The van der Waals surface area contributed by atoms with E-state index >= 15 is 0 Å². The smallest absolute Gasteiger partial charge is 0.0771 e. The highest BCUT2D eigenvalue weighted by Gasteiger charge is 2.17. The lowest BCUT2D eigenvalue weighted by atomic mass is 10.5. The van der Waals surface area contributed by atoms with Crippen molar-refractivity contribution in [3.05, 3.63) is 23.4 Å². The van der Waals surface area contributed by atoms with E-state index in [0.717, 1.165) is 0 Å². The SMILES string of the molecule is C[Si](C)(C)C1=CCC=C1. The van der Waals surface area contributed by atoms with E-state index < -0.39 is 8.07 Å². The molecule has 0 atom stereocenters. The fraction of sp³-hybridized carbons (Fsp3) is 0.500. The Hall–Kier alpha value is -0.303. The van der Waals surface area contributed by atoms with Gasteiger partial charge in [0.25, 0.3) is 0 Å². The van der Waals surface area contributed by atoms with Gasteiger partial charge < -0.3 is 0 Å². The molecule has 0 aromatic heterocycles. The van der Waals surface area contributed by atoms with E-state index in [1.165, 1.54) is 6.42 Å². The van der Waals surface area contributed by atoms with E-state index in [1.807, 2.05) is 0 Å². The van der Waals surface area contributed by atoms with Crippen LogP contribution in [0.1, 0.15) is 6.42 Å². The molecule has 0 aromatic rings. The summed E-state index contributed by atoms with van der Waals surface area (Å²) in [6.45, 7) is 7.15. The Balaban J connectivity index is 2.73. The molecule has 0 amide bonds. The molecule has 0 N–H and O–H groups in total. The molecular formula is C8H14Si. The summed E-state index contributed by atoms with van der Waals surface area (Å²) in [7, 11) is -0.950. The quantitative estimate of drug-likeness (QED) is 0.489. The molecule has 0 bridgehead atoms. The Labute approximate surface area is 58.3 Å². The molecule has 0 radical (unpaired) electrons. The standard InChI is InChI=1S/C8H14Si/c1-9(2,3)8-6-4-5-7-8/h4,6-7H,5H2,1-3H3. The molecule has 0 heterocycles. The van der Waals surface area contributed by atoms with Crippen LogP contribution in [0.2, 0.25) is 19.6 Å². The summed E-state index contributed by atoms with van der Waals surface area (Å²) in [5.74, 6) is 0. The molecule has 0 aliphatic heterocycles. The molecule has 1 aliphatic carbocycles. The van der Waals surface area contributed by atoms with E-state index in [2.05, 4.69) is 37.9 Å². The van der Waals surface area contributed by atoms with E-state index in [4.69, 9.17) is 0 Å². The fourth-order valence-corrected chi connectivity index (χ4v) is 2.36. The van der Waals surface area contributed by atoms with Gasteiger partial charge in [0.15, 0.2) is 0 Å². The minimum atomic E-state index is -0.950. The first-order valence-corrected chi connectivity index (χ1v) is 6.98. The van der Waals surface area contributed by atoms with Crippen LogP contribution in [0.25, 0.3) is 0 Å². The van der Waals surface area contributed by atoms with Crippen LogP contribution in [0.3, 0.4) is 0 Å². The molecular weight excluding hydrogens is 124 g/mol. The number of hydrogen-bond donors (Lipinski definition) is 0. The van der Waals surface area contributed by atoms with E-state index in [9.17, 15) is 0 Å². The van der Waals surface area contributed by atoms with Crippen molar-refractivity contribution in [2.45, 2.75) is 26.1 Å². The van der Waals surface area contributed by atoms with Gasteiger partial charge in [0, 0.05) is 0 Å². The summed E-state index contributed by atoms with van der Waals surface area (Å²) in [6, 6.07) is 0. The number of rotatable bonds is 1. The first-order chi connectivity index (χ1) is 4.11. The zero-order chi connectivity index (χ0) is 6.91. The average Bonchev–Trinajstić information content (AvgIpc) is 2.08. The van der Waals surface area contributed by atoms with Crippen molar-refractivity contribution >= 4 is 8.07 Å². The minimum Gasteiger partial charge on any atom is -0.0815 e. The lowest BCUT2D eigenvalue weighted by molar-refractivity contribution is 1.44. The first-order valence-electron chi connectivity index (χ1n) is 3.48. The van der Waals surface area contributed by atoms with E-state index in [-0.39, 0.29) is 0 Å². The normalized spacial score (nSPS) is 18.3. The monoisotopic (exact) mass is 138 g/mol. The Kier molecular flexibility index (Phi) is 1.62. The van der Waals surface area contributed by atoms with Crippen molar-refractivity contribution in [2.75, 3.05) is 0 Å². The van der Waals surface area contributed by atoms with Gasteiger partial charge in [0.05, 0.1) is 8.07 Å². The molecule has 0 nitrogen and oxygen atoms in total. The van der Waals surface area contributed by atoms with Crippen LogP contribution < -0.4 is 0 Å². The molecule has 9 heavy (non-hydrogen) atoms. The molecule has 0 fully saturated rings. The fourth-order valence-electron chi connectivity index (χ4n) is 1.01. The highest BCUT2D eigenvalue weighted by Crippen LogP contribution is 2.20. The van der Waals surface area contributed by atoms with E-state index in [1.54, 1.807) is 5.20 Å². The van der Waals surface area contributed by atoms with Crippen LogP contribution in [0.5, 0.6) is 0 Å². The van der Waals surface area contributed by atoms with Gasteiger partial charge in [0.2, 0.25) is 0 Å². The van der Waals surface area contributed by atoms with Crippen molar-refractivity contribution in [1.82, 2.24) is 0 Å². The van der Waals surface area contributed by atoms with Crippen LogP contribution in [0, 0.1) is 0 Å². The summed E-state index contributed by atoms with van der Waals surface area (Å²) in [5, 5.41) is 1.61. The molecule has 0 unspecified atom stereocenters. The molecule has 0 spiro atoms. The molecule has 0 saturated carbocycles. The summed E-state index contributed by atoms with van der Waals surface area (Å²) in [6.07, 6.45) is 8.05. The topological polar surface area (TPSA) is 0 Å². The minimum absolute atomic E-state index is 0.950. The predicted octanol–water partition coefficient (Wildman–Crippen LogP) is 2.75. The molecule has 1 aliphatic rings. The second-order valence-electron chi connectivity index (χ2n) is 3.55. The third-order valence-electron chi connectivity index (χ3n) is 1.64. The van der Waals surface area contributed by atoms with Crippen LogP contribution >= 0.6 is 0 Å². The third-order valence-corrected chi connectivity index (χ3v) is 3.74. The van der Waals surface area contributed by atoms with Gasteiger partial charge in [-0.1, -0.05) is 43.1 Å². The Morgan fingerprint density at radius 1 is 1.33 bits per heavy atom. The molecule has 1 rings (SSSR count). The lowest BCUT2D eigenvalue weighted by Crippen LogP contribution is -2.21. The van der Waals surface area contributed by atoms with Crippen molar-refractivity contribution in [3.63, 3.8) is 0 Å². The van der Waals surface area contributed by atoms with Crippen LogP contribution in [0.15, 0.2) is 23.4 Å². The highest BCUT2D eigenvalue weighted by molar-refractivity contribution is 6.83. The van der Waals surface area contributed by atoms with Crippen molar-refractivity contribution in [3.8, 4) is 0 Å². The maximum absolute atomic E-state index is 2.38. The van der Waals surface area contributed by atoms with Crippen molar-refractivity contribution in [1.29, 1.82) is 0 Å². The molecule has 50 valence electrons. The number of hydrogen-bond acceptors (Lipinski definition) is 0. The van der Waals surface area contributed by atoms with Crippen molar-refractivity contribution < 1.29 is 0 Å². The summed E-state index contributed by atoms with van der Waals surface area (Å²) < 4.78 is 0. The highest BCUT2D eigenvalue weighted by atomic mass is 28.3. The van der Waals surface area contributed by atoms with Gasteiger partial charge >= 0.3 is 0 Å². The van der Waals surface area contributed by atoms with Crippen LogP contribution in [-0.2, 0) is 0 Å². The zero-order valence-corrected chi connectivity index (χ0v) is 7.44. The molecule has 1 heteroatoms. The average molecular weight is 138 g/mol. The lowest BCUT2D eigenvalue weighted by Gasteiger charge is -2.15. The molecule has 0 saturated heterocycles.